The lowest BCUT2D eigenvalue weighted by atomic mass is 10.1. The second-order valence-electron chi connectivity index (χ2n) is 4.31. The lowest BCUT2D eigenvalue weighted by molar-refractivity contribution is -0.00754. The van der Waals surface area contributed by atoms with Crippen LogP contribution in [0.1, 0.15) is 22.8 Å². The normalized spacial score (nSPS) is 12.9. The second kappa shape index (κ2) is 5.88. The number of aliphatic hydroxyl groups excluding tert-OH is 1. The van der Waals surface area contributed by atoms with E-state index in [0.29, 0.717) is 12.2 Å². The molecule has 1 N–H and O–H groups in total. The third-order valence-electron chi connectivity index (χ3n) is 2.79. The van der Waals surface area contributed by atoms with Gasteiger partial charge in [-0.2, -0.15) is 4.98 Å². The van der Waals surface area contributed by atoms with E-state index in [-0.39, 0.29) is 12.3 Å². The molecule has 19 heavy (non-hydrogen) atoms. The first-order valence-corrected chi connectivity index (χ1v) is 5.88. The molecule has 0 saturated heterocycles. The van der Waals surface area contributed by atoms with Crippen LogP contribution in [0.5, 0.6) is 0 Å². The highest BCUT2D eigenvalue weighted by Gasteiger charge is 2.20. The van der Waals surface area contributed by atoms with Crippen molar-refractivity contribution in [3.8, 4) is 0 Å². The van der Waals surface area contributed by atoms with Gasteiger partial charge in [0.2, 0.25) is 5.89 Å². The average molecular weight is 268 g/mol. The largest absolute Gasteiger partial charge is 0.387 e. The first-order valence-electron chi connectivity index (χ1n) is 5.88. The van der Waals surface area contributed by atoms with Gasteiger partial charge >= 0.3 is 0 Å². The minimum absolute atomic E-state index is 0.0244. The Morgan fingerprint density at radius 3 is 2.74 bits per heavy atom. The molecule has 0 saturated carbocycles. The van der Waals surface area contributed by atoms with Gasteiger partial charge in [0.05, 0.1) is 6.42 Å². The molecule has 2 rings (SSSR count). The highest BCUT2D eigenvalue weighted by molar-refractivity contribution is 5.27. The molecular weight excluding hydrogens is 254 g/mol. The first-order chi connectivity index (χ1) is 9.06. The van der Waals surface area contributed by atoms with Crippen LogP contribution in [0.25, 0.3) is 0 Å². The maximum atomic E-state index is 12.2. The van der Waals surface area contributed by atoms with Crippen molar-refractivity contribution in [2.75, 3.05) is 0 Å². The molecule has 1 heterocycles. The van der Waals surface area contributed by atoms with Crippen LogP contribution in [0.4, 0.5) is 8.78 Å². The predicted molar refractivity (Wildman–Crippen MR) is 64.0 cm³/mol. The van der Waals surface area contributed by atoms with Crippen molar-refractivity contribution in [2.45, 2.75) is 32.3 Å². The standard InChI is InChI=1S/C13H14F2N2O2/c1-8-4-2-3-5-9(8)6-11-16-12(19-17-11)7-10(18)13(14)15/h2-5,10,13,18H,6-7H2,1H3. The Kier molecular flexibility index (Phi) is 4.21. The molecule has 1 aromatic carbocycles. The summed E-state index contributed by atoms with van der Waals surface area (Å²) >= 11 is 0. The summed E-state index contributed by atoms with van der Waals surface area (Å²) in [5.41, 5.74) is 2.14. The van der Waals surface area contributed by atoms with Gasteiger partial charge in [-0.25, -0.2) is 8.78 Å². The Bertz CT molecular complexity index is 543. The van der Waals surface area contributed by atoms with E-state index in [2.05, 4.69) is 10.1 Å². The molecular formula is C13H14F2N2O2. The molecule has 4 nitrogen and oxygen atoms in total. The van der Waals surface area contributed by atoms with Crippen LogP contribution in [0.15, 0.2) is 28.8 Å². The van der Waals surface area contributed by atoms with E-state index in [9.17, 15) is 8.78 Å². The summed E-state index contributed by atoms with van der Waals surface area (Å²) in [5, 5.41) is 12.8. The molecule has 0 aliphatic heterocycles. The summed E-state index contributed by atoms with van der Waals surface area (Å²) in [6.45, 7) is 1.97. The van der Waals surface area contributed by atoms with Gasteiger partial charge in [-0.05, 0) is 18.1 Å². The number of hydrogen-bond donors (Lipinski definition) is 1. The van der Waals surface area contributed by atoms with Crippen LogP contribution in [-0.2, 0) is 12.8 Å². The number of halogens is 2. The summed E-state index contributed by atoms with van der Waals surface area (Å²) in [5.74, 6) is 0.446. The quantitative estimate of drug-likeness (QED) is 0.902. The van der Waals surface area contributed by atoms with Gasteiger partial charge < -0.3 is 9.63 Å². The van der Waals surface area contributed by atoms with Crippen molar-refractivity contribution >= 4 is 0 Å². The molecule has 0 bridgehead atoms. The maximum absolute atomic E-state index is 12.2. The first kappa shape index (κ1) is 13.6. The number of aryl methyl sites for hydroxylation is 1. The summed E-state index contributed by atoms with van der Waals surface area (Å²) in [6, 6.07) is 7.75. The van der Waals surface area contributed by atoms with Gasteiger partial charge in [-0.15, -0.1) is 0 Å². The van der Waals surface area contributed by atoms with E-state index < -0.39 is 12.5 Å². The average Bonchev–Trinajstić information content (AvgIpc) is 2.79. The molecule has 0 amide bonds. The molecule has 2 aromatic rings. The SMILES string of the molecule is Cc1ccccc1Cc1noc(CC(O)C(F)F)n1. The number of rotatable bonds is 5. The van der Waals surface area contributed by atoms with Gasteiger partial charge in [0.15, 0.2) is 5.82 Å². The third-order valence-corrected chi connectivity index (χ3v) is 2.79. The van der Waals surface area contributed by atoms with Crippen molar-refractivity contribution in [3.05, 3.63) is 47.1 Å². The van der Waals surface area contributed by atoms with Crippen molar-refractivity contribution in [1.29, 1.82) is 0 Å². The Morgan fingerprint density at radius 2 is 2.05 bits per heavy atom. The van der Waals surface area contributed by atoms with Crippen LogP contribution >= 0.6 is 0 Å². The minimum Gasteiger partial charge on any atom is -0.387 e. The Morgan fingerprint density at radius 1 is 1.32 bits per heavy atom. The van der Waals surface area contributed by atoms with Crippen molar-refractivity contribution in [1.82, 2.24) is 10.1 Å². The smallest absolute Gasteiger partial charge is 0.264 e. The minimum atomic E-state index is -2.81. The number of aromatic nitrogens is 2. The zero-order chi connectivity index (χ0) is 13.8. The van der Waals surface area contributed by atoms with Crippen LogP contribution in [-0.4, -0.2) is 27.8 Å². The fourth-order valence-electron chi connectivity index (χ4n) is 1.69. The number of nitrogens with zero attached hydrogens (tertiary/aromatic N) is 2. The molecule has 1 unspecified atom stereocenters. The maximum Gasteiger partial charge on any atom is 0.264 e. The molecule has 0 fully saturated rings. The number of benzene rings is 1. The monoisotopic (exact) mass is 268 g/mol. The Labute approximate surface area is 109 Å². The van der Waals surface area contributed by atoms with Gasteiger partial charge in [-0.3, -0.25) is 0 Å². The lowest BCUT2D eigenvalue weighted by Gasteiger charge is -2.04. The topological polar surface area (TPSA) is 59.2 Å². The van der Waals surface area contributed by atoms with E-state index >= 15 is 0 Å². The summed E-state index contributed by atoms with van der Waals surface area (Å²) in [6.07, 6.45) is -4.45. The Balaban J connectivity index is 2.04. The van der Waals surface area contributed by atoms with E-state index in [1.807, 2.05) is 31.2 Å². The fourth-order valence-corrected chi connectivity index (χ4v) is 1.69. The molecule has 0 aliphatic rings. The van der Waals surface area contributed by atoms with E-state index in [1.54, 1.807) is 0 Å². The number of aliphatic hydroxyl groups is 1. The van der Waals surface area contributed by atoms with Gasteiger partial charge in [0, 0.05) is 6.42 Å². The van der Waals surface area contributed by atoms with Crippen molar-refractivity contribution in [3.63, 3.8) is 0 Å². The molecule has 6 heteroatoms. The fraction of sp³-hybridized carbons (Fsp3) is 0.385. The van der Waals surface area contributed by atoms with Crippen molar-refractivity contribution < 1.29 is 18.4 Å². The van der Waals surface area contributed by atoms with Crippen LogP contribution < -0.4 is 0 Å². The van der Waals surface area contributed by atoms with E-state index in [1.165, 1.54) is 0 Å². The Hall–Kier alpha value is -1.82. The molecule has 0 aliphatic carbocycles. The van der Waals surface area contributed by atoms with Crippen LogP contribution in [0, 0.1) is 6.92 Å². The molecule has 1 aromatic heterocycles. The molecule has 0 spiro atoms. The summed E-state index contributed by atoms with van der Waals surface area (Å²) in [4.78, 5) is 4.00. The zero-order valence-corrected chi connectivity index (χ0v) is 10.4. The molecule has 102 valence electrons. The van der Waals surface area contributed by atoms with Crippen molar-refractivity contribution in [2.24, 2.45) is 0 Å². The van der Waals surface area contributed by atoms with E-state index in [4.69, 9.17) is 9.63 Å². The van der Waals surface area contributed by atoms with Gasteiger partial charge in [0.25, 0.3) is 6.43 Å². The third kappa shape index (κ3) is 3.57. The van der Waals surface area contributed by atoms with Crippen LogP contribution in [0.2, 0.25) is 0 Å². The number of hydrogen-bond acceptors (Lipinski definition) is 4. The van der Waals surface area contributed by atoms with E-state index in [0.717, 1.165) is 11.1 Å². The summed E-state index contributed by atoms with van der Waals surface area (Å²) in [7, 11) is 0. The lowest BCUT2D eigenvalue weighted by Crippen LogP contribution is -2.20. The van der Waals surface area contributed by atoms with Gasteiger partial charge in [-0.1, -0.05) is 29.4 Å². The second-order valence-corrected chi connectivity index (χ2v) is 4.31. The molecule has 1 atom stereocenters. The summed E-state index contributed by atoms with van der Waals surface area (Å²) < 4.78 is 29.2. The zero-order valence-electron chi connectivity index (χ0n) is 10.4. The van der Waals surface area contributed by atoms with Gasteiger partial charge in [0.1, 0.15) is 6.10 Å². The highest BCUT2D eigenvalue weighted by atomic mass is 19.3. The molecule has 0 radical (unpaired) electrons. The highest BCUT2D eigenvalue weighted by Crippen LogP contribution is 2.13. The number of alkyl halides is 2. The van der Waals surface area contributed by atoms with Crippen LogP contribution in [0.3, 0.4) is 0 Å². The predicted octanol–water partition coefficient (Wildman–Crippen LogP) is 2.14.